The average Bonchev–Trinajstić information content (AvgIpc) is 2.73. The summed E-state index contributed by atoms with van der Waals surface area (Å²) in [7, 11) is 1.64. The maximum Gasteiger partial charge on any atom is 0.242 e. The third-order valence-corrected chi connectivity index (χ3v) is 5.42. The molecule has 0 saturated heterocycles. The van der Waals surface area contributed by atoms with Crippen LogP contribution in [0.5, 0.6) is 0 Å². The summed E-state index contributed by atoms with van der Waals surface area (Å²) in [4.78, 5) is 29.8. The zero-order valence-electron chi connectivity index (χ0n) is 16.5. The lowest BCUT2D eigenvalue weighted by molar-refractivity contribution is -0.140. The molecule has 6 nitrogen and oxygen atoms in total. The number of benzene rings is 2. The van der Waals surface area contributed by atoms with Crippen molar-refractivity contribution in [1.29, 1.82) is 0 Å². The van der Waals surface area contributed by atoms with Crippen LogP contribution in [0.2, 0.25) is 5.02 Å². The lowest BCUT2D eigenvalue weighted by atomic mass is 9.87. The van der Waals surface area contributed by atoms with Gasteiger partial charge in [0.05, 0.1) is 5.69 Å². The monoisotopic (exact) mass is 416 g/mol. The van der Waals surface area contributed by atoms with Gasteiger partial charge in [0, 0.05) is 43.1 Å². The van der Waals surface area contributed by atoms with Crippen molar-refractivity contribution in [3.63, 3.8) is 0 Å². The topological polar surface area (TPSA) is 70.1 Å². The van der Waals surface area contributed by atoms with Crippen LogP contribution >= 0.6 is 11.6 Å². The Kier molecular flexibility index (Phi) is 6.90. The molecule has 0 aliphatic carbocycles. The van der Waals surface area contributed by atoms with Crippen LogP contribution in [0, 0.1) is 5.92 Å². The summed E-state index contributed by atoms with van der Waals surface area (Å²) < 4.78 is 5.97. The standard InChI is InChI=1S/C22H25ClN2O4/c1-3-25(15-9-5-4-6-10-15)22(28)19-20(29-14-8-13-26)18-16(23)11-7-12-17(18)24(2)21(19)27/h4-7,9-12,19-20,26H,3,8,13-14H2,1-2H3. The minimum Gasteiger partial charge on any atom is -0.396 e. The maximum atomic E-state index is 13.6. The number of rotatable bonds is 7. The minimum atomic E-state index is -1.06. The number of fused-ring (bicyclic) bond motifs is 1. The molecule has 1 heterocycles. The van der Waals surface area contributed by atoms with Crippen molar-refractivity contribution in [2.24, 2.45) is 5.92 Å². The molecule has 0 bridgehead atoms. The number of aliphatic hydroxyl groups excluding tert-OH is 1. The highest BCUT2D eigenvalue weighted by molar-refractivity contribution is 6.32. The van der Waals surface area contributed by atoms with Crippen molar-refractivity contribution in [3.8, 4) is 0 Å². The number of carbonyl (C=O) groups excluding carboxylic acids is 2. The van der Waals surface area contributed by atoms with Gasteiger partial charge in [0.25, 0.3) is 0 Å². The van der Waals surface area contributed by atoms with Gasteiger partial charge in [-0.25, -0.2) is 0 Å². The van der Waals surface area contributed by atoms with Crippen LogP contribution in [0.1, 0.15) is 25.0 Å². The molecule has 154 valence electrons. The van der Waals surface area contributed by atoms with E-state index in [-0.39, 0.29) is 25.0 Å². The van der Waals surface area contributed by atoms with Gasteiger partial charge in [0.15, 0.2) is 0 Å². The summed E-state index contributed by atoms with van der Waals surface area (Å²) in [5.74, 6) is -1.74. The molecule has 2 unspecified atom stereocenters. The van der Waals surface area contributed by atoms with Crippen LogP contribution in [-0.2, 0) is 14.3 Å². The van der Waals surface area contributed by atoms with E-state index in [1.807, 2.05) is 37.3 Å². The van der Waals surface area contributed by atoms with Crippen molar-refractivity contribution in [2.75, 3.05) is 36.6 Å². The summed E-state index contributed by atoms with van der Waals surface area (Å²) in [6.07, 6.45) is -0.420. The number of carbonyl (C=O) groups is 2. The number of ether oxygens (including phenoxy) is 1. The van der Waals surface area contributed by atoms with E-state index in [0.717, 1.165) is 5.69 Å². The molecule has 2 aromatic carbocycles. The SMILES string of the molecule is CCN(C(=O)C1C(=O)N(C)c2cccc(Cl)c2C1OCCCO)c1ccccc1. The second kappa shape index (κ2) is 9.39. The number of nitrogens with zero attached hydrogens (tertiary/aromatic N) is 2. The highest BCUT2D eigenvalue weighted by Gasteiger charge is 2.46. The quantitative estimate of drug-likeness (QED) is 0.554. The molecule has 0 radical (unpaired) electrons. The number of aliphatic hydroxyl groups is 1. The van der Waals surface area contributed by atoms with Gasteiger partial charge in [-0.05, 0) is 37.6 Å². The summed E-state index contributed by atoms with van der Waals surface area (Å²) in [5, 5.41) is 9.57. The molecule has 0 spiro atoms. The first-order valence-corrected chi connectivity index (χ1v) is 10.0. The molecule has 29 heavy (non-hydrogen) atoms. The maximum absolute atomic E-state index is 13.6. The molecule has 2 atom stereocenters. The molecule has 3 rings (SSSR count). The third kappa shape index (κ3) is 4.15. The number of hydrogen-bond donors (Lipinski definition) is 1. The van der Waals surface area contributed by atoms with Crippen molar-refractivity contribution in [3.05, 3.63) is 59.1 Å². The molecule has 7 heteroatoms. The molecule has 2 amide bonds. The zero-order valence-corrected chi connectivity index (χ0v) is 17.3. The van der Waals surface area contributed by atoms with E-state index < -0.39 is 12.0 Å². The van der Waals surface area contributed by atoms with E-state index in [1.165, 1.54) is 4.90 Å². The predicted octanol–water partition coefficient (Wildman–Crippen LogP) is 3.43. The number of amides is 2. The molecule has 1 aliphatic heterocycles. The molecule has 1 aliphatic rings. The lowest BCUT2D eigenvalue weighted by Gasteiger charge is -2.39. The summed E-state index contributed by atoms with van der Waals surface area (Å²) >= 11 is 6.47. The summed E-state index contributed by atoms with van der Waals surface area (Å²) in [6.45, 7) is 2.45. The first kappa shape index (κ1) is 21.3. The van der Waals surface area contributed by atoms with Crippen molar-refractivity contribution in [2.45, 2.75) is 19.4 Å². The van der Waals surface area contributed by atoms with E-state index in [1.54, 1.807) is 30.1 Å². The Bertz CT molecular complexity index is 874. The van der Waals surface area contributed by atoms with Gasteiger partial charge in [-0.2, -0.15) is 0 Å². The number of anilines is 2. The Morgan fingerprint density at radius 2 is 1.93 bits per heavy atom. The second-order valence-electron chi connectivity index (χ2n) is 6.83. The fourth-order valence-corrected chi connectivity index (χ4v) is 3.93. The largest absolute Gasteiger partial charge is 0.396 e. The van der Waals surface area contributed by atoms with Crippen molar-refractivity contribution in [1.82, 2.24) is 0 Å². The summed E-state index contributed by atoms with van der Waals surface area (Å²) in [5.41, 5.74) is 1.97. The Morgan fingerprint density at radius 3 is 2.59 bits per heavy atom. The van der Waals surface area contributed by atoms with Gasteiger partial charge in [0.2, 0.25) is 11.8 Å². The summed E-state index contributed by atoms with van der Waals surface area (Å²) in [6, 6.07) is 14.5. The highest BCUT2D eigenvalue weighted by Crippen LogP contribution is 2.44. The first-order chi connectivity index (χ1) is 14.0. The van der Waals surface area contributed by atoms with E-state index in [0.29, 0.717) is 29.2 Å². The van der Waals surface area contributed by atoms with Crippen LogP contribution < -0.4 is 9.80 Å². The van der Waals surface area contributed by atoms with Crippen molar-refractivity contribution >= 4 is 34.8 Å². The average molecular weight is 417 g/mol. The van der Waals surface area contributed by atoms with Crippen LogP contribution in [0.3, 0.4) is 0 Å². The number of hydrogen-bond acceptors (Lipinski definition) is 4. The highest BCUT2D eigenvalue weighted by atomic mass is 35.5. The van der Waals surface area contributed by atoms with E-state index >= 15 is 0 Å². The third-order valence-electron chi connectivity index (χ3n) is 5.09. The second-order valence-corrected chi connectivity index (χ2v) is 7.24. The lowest BCUT2D eigenvalue weighted by Crippen LogP contribution is -2.50. The number of para-hydroxylation sites is 1. The smallest absolute Gasteiger partial charge is 0.242 e. The molecule has 2 aromatic rings. The zero-order chi connectivity index (χ0) is 21.0. The first-order valence-electron chi connectivity index (χ1n) is 9.66. The van der Waals surface area contributed by atoms with Crippen LogP contribution in [0.4, 0.5) is 11.4 Å². The van der Waals surface area contributed by atoms with Gasteiger partial charge in [-0.15, -0.1) is 0 Å². The van der Waals surface area contributed by atoms with Crippen LogP contribution in [0.15, 0.2) is 48.5 Å². The minimum absolute atomic E-state index is 0.0420. The van der Waals surface area contributed by atoms with Crippen LogP contribution in [0.25, 0.3) is 0 Å². The van der Waals surface area contributed by atoms with Gasteiger partial charge < -0.3 is 19.6 Å². The fourth-order valence-electron chi connectivity index (χ4n) is 3.65. The van der Waals surface area contributed by atoms with Gasteiger partial charge in [-0.1, -0.05) is 35.9 Å². The van der Waals surface area contributed by atoms with E-state index in [2.05, 4.69) is 0 Å². The van der Waals surface area contributed by atoms with Gasteiger partial charge in [0.1, 0.15) is 12.0 Å². The van der Waals surface area contributed by atoms with Crippen LogP contribution in [-0.4, -0.2) is 43.7 Å². The molecule has 1 N–H and O–H groups in total. The van der Waals surface area contributed by atoms with Gasteiger partial charge >= 0.3 is 0 Å². The van der Waals surface area contributed by atoms with E-state index in [9.17, 15) is 9.59 Å². The fraction of sp³-hybridized carbons (Fsp3) is 0.364. The Labute approximate surface area is 175 Å². The Morgan fingerprint density at radius 1 is 1.21 bits per heavy atom. The molecule has 0 fully saturated rings. The van der Waals surface area contributed by atoms with E-state index in [4.69, 9.17) is 21.4 Å². The molecule has 0 aromatic heterocycles. The number of halogens is 1. The Hall–Kier alpha value is -2.41. The van der Waals surface area contributed by atoms with Gasteiger partial charge in [-0.3, -0.25) is 9.59 Å². The van der Waals surface area contributed by atoms with Crippen molar-refractivity contribution < 1.29 is 19.4 Å². The molecular weight excluding hydrogens is 392 g/mol. The normalized spacial score (nSPS) is 18.5. The molecular formula is C22H25ClN2O4. The predicted molar refractivity (Wildman–Crippen MR) is 113 cm³/mol. The Balaban J connectivity index is 2.05. The molecule has 0 saturated carbocycles.